The van der Waals surface area contributed by atoms with Crippen LogP contribution in [-0.2, 0) is 20.7 Å². The molecule has 0 spiro atoms. The van der Waals surface area contributed by atoms with Gasteiger partial charge in [-0.2, -0.15) is 0 Å². The quantitative estimate of drug-likeness (QED) is 0.593. The van der Waals surface area contributed by atoms with E-state index in [1.54, 1.807) is 24.3 Å². The molecule has 1 aromatic rings. The van der Waals surface area contributed by atoms with Crippen molar-refractivity contribution in [2.45, 2.75) is 6.42 Å². The lowest BCUT2D eigenvalue weighted by atomic mass is 10.1. The van der Waals surface area contributed by atoms with Crippen LogP contribution in [0.1, 0.15) is 15.9 Å². The molecule has 5 nitrogen and oxygen atoms in total. The smallest absolute Gasteiger partial charge is 0.339 e. The number of hydrogen-bond donors (Lipinski definition) is 1. The summed E-state index contributed by atoms with van der Waals surface area (Å²) in [6.45, 7) is -0.189. The highest BCUT2D eigenvalue weighted by Gasteiger charge is 2.14. The SMILES string of the molecule is COC(=O)Cc1ccccc1C(=O)OCN. The van der Waals surface area contributed by atoms with Crippen LogP contribution >= 0.6 is 0 Å². The van der Waals surface area contributed by atoms with Crippen molar-refractivity contribution in [3.8, 4) is 0 Å². The van der Waals surface area contributed by atoms with Crippen LogP contribution < -0.4 is 5.73 Å². The first-order valence-corrected chi connectivity index (χ1v) is 4.71. The summed E-state index contributed by atoms with van der Waals surface area (Å²) in [5.41, 5.74) is 6.00. The molecule has 0 amide bonds. The number of carbonyl (C=O) groups is 2. The molecule has 0 aliphatic carbocycles. The van der Waals surface area contributed by atoms with E-state index in [0.717, 1.165) is 0 Å². The fourth-order valence-electron chi connectivity index (χ4n) is 1.25. The van der Waals surface area contributed by atoms with E-state index in [0.29, 0.717) is 11.1 Å². The largest absolute Gasteiger partial charge is 0.469 e. The third kappa shape index (κ3) is 3.06. The van der Waals surface area contributed by atoms with E-state index in [4.69, 9.17) is 5.73 Å². The fraction of sp³-hybridized carbons (Fsp3) is 0.273. The summed E-state index contributed by atoms with van der Waals surface area (Å²) in [5, 5.41) is 0. The number of nitrogens with two attached hydrogens (primary N) is 1. The number of hydrogen-bond acceptors (Lipinski definition) is 5. The predicted molar refractivity (Wildman–Crippen MR) is 56.6 cm³/mol. The molecule has 0 aliphatic heterocycles. The van der Waals surface area contributed by atoms with Gasteiger partial charge >= 0.3 is 11.9 Å². The maximum atomic E-state index is 11.5. The molecule has 0 radical (unpaired) electrons. The summed E-state index contributed by atoms with van der Waals surface area (Å²) in [7, 11) is 1.29. The molecule has 0 atom stereocenters. The van der Waals surface area contributed by atoms with Gasteiger partial charge in [-0.1, -0.05) is 18.2 Å². The van der Waals surface area contributed by atoms with Crippen molar-refractivity contribution in [2.24, 2.45) is 5.73 Å². The Hall–Kier alpha value is -1.88. The normalized spacial score (nSPS) is 9.62. The zero-order valence-corrected chi connectivity index (χ0v) is 8.93. The molecule has 0 aliphatic rings. The zero-order valence-electron chi connectivity index (χ0n) is 8.93. The molecule has 2 N–H and O–H groups in total. The Morgan fingerprint density at radius 3 is 2.62 bits per heavy atom. The monoisotopic (exact) mass is 223 g/mol. The Balaban J connectivity index is 2.91. The molecule has 16 heavy (non-hydrogen) atoms. The van der Waals surface area contributed by atoms with Crippen molar-refractivity contribution in [2.75, 3.05) is 13.8 Å². The highest BCUT2D eigenvalue weighted by molar-refractivity contribution is 5.92. The molecule has 0 fully saturated rings. The molecule has 1 aromatic carbocycles. The minimum Gasteiger partial charge on any atom is -0.469 e. The number of rotatable bonds is 4. The molecule has 0 saturated heterocycles. The van der Waals surface area contributed by atoms with Crippen molar-refractivity contribution < 1.29 is 19.1 Å². The average Bonchev–Trinajstić information content (AvgIpc) is 2.30. The van der Waals surface area contributed by atoms with Crippen LogP contribution in [-0.4, -0.2) is 25.8 Å². The van der Waals surface area contributed by atoms with Crippen LogP contribution in [0.15, 0.2) is 24.3 Å². The van der Waals surface area contributed by atoms with Gasteiger partial charge in [-0.05, 0) is 11.6 Å². The first-order valence-electron chi connectivity index (χ1n) is 4.71. The number of ether oxygens (including phenoxy) is 2. The molecular formula is C11H13NO4. The minimum absolute atomic E-state index is 0.0341. The highest BCUT2D eigenvalue weighted by atomic mass is 16.5. The third-order valence-corrected chi connectivity index (χ3v) is 2.01. The Morgan fingerprint density at radius 1 is 1.31 bits per heavy atom. The van der Waals surface area contributed by atoms with E-state index >= 15 is 0 Å². The Bertz CT molecular complexity index is 389. The lowest BCUT2D eigenvalue weighted by Crippen LogP contribution is -2.15. The highest BCUT2D eigenvalue weighted by Crippen LogP contribution is 2.11. The summed E-state index contributed by atoms with van der Waals surface area (Å²) in [6.07, 6.45) is 0.0341. The van der Waals surface area contributed by atoms with Gasteiger partial charge in [0, 0.05) is 0 Å². The van der Waals surface area contributed by atoms with Gasteiger partial charge in [-0.25, -0.2) is 4.79 Å². The molecule has 86 valence electrons. The van der Waals surface area contributed by atoms with Crippen LogP contribution in [0.3, 0.4) is 0 Å². The lowest BCUT2D eigenvalue weighted by molar-refractivity contribution is -0.139. The second kappa shape index (κ2) is 5.87. The van der Waals surface area contributed by atoms with Gasteiger partial charge in [0.05, 0.1) is 19.1 Å². The van der Waals surface area contributed by atoms with Crippen molar-refractivity contribution in [3.05, 3.63) is 35.4 Å². The van der Waals surface area contributed by atoms with Gasteiger partial charge in [0.15, 0.2) is 0 Å². The average molecular weight is 223 g/mol. The summed E-state index contributed by atoms with van der Waals surface area (Å²) < 4.78 is 9.20. The molecule has 5 heteroatoms. The number of esters is 2. The third-order valence-electron chi connectivity index (χ3n) is 2.01. The zero-order chi connectivity index (χ0) is 12.0. The van der Waals surface area contributed by atoms with E-state index in [2.05, 4.69) is 9.47 Å². The Morgan fingerprint density at radius 2 is 2.00 bits per heavy atom. The summed E-state index contributed by atoms with van der Waals surface area (Å²) in [4.78, 5) is 22.6. The Labute approximate surface area is 93.1 Å². The Kier molecular flexibility index (Phi) is 4.47. The van der Waals surface area contributed by atoms with Crippen LogP contribution in [0.25, 0.3) is 0 Å². The first kappa shape index (κ1) is 12.2. The maximum absolute atomic E-state index is 11.5. The summed E-state index contributed by atoms with van der Waals surface area (Å²) in [5.74, 6) is -0.949. The van der Waals surface area contributed by atoms with Gasteiger partial charge in [0.1, 0.15) is 6.73 Å². The second-order valence-electron chi connectivity index (χ2n) is 3.01. The van der Waals surface area contributed by atoms with Crippen molar-refractivity contribution in [1.82, 2.24) is 0 Å². The first-order chi connectivity index (χ1) is 7.69. The van der Waals surface area contributed by atoms with Crippen molar-refractivity contribution in [3.63, 3.8) is 0 Å². The van der Waals surface area contributed by atoms with Gasteiger partial charge in [0.2, 0.25) is 0 Å². The van der Waals surface area contributed by atoms with E-state index < -0.39 is 11.9 Å². The lowest BCUT2D eigenvalue weighted by Gasteiger charge is -2.07. The minimum atomic E-state index is -0.540. The van der Waals surface area contributed by atoms with Crippen molar-refractivity contribution >= 4 is 11.9 Å². The molecule has 0 bridgehead atoms. The molecule has 0 saturated carbocycles. The maximum Gasteiger partial charge on any atom is 0.339 e. The molecule has 1 rings (SSSR count). The molecule has 0 heterocycles. The van der Waals surface area contributed by atoms with Gasteiger partial charge in [-0.15, -0.1) is 0 Å². The van der Waals surface area contributed by atoms with E-state index in [9.17, 15) is 9.59 Å². The van der Waals surface area contributed by atoms with Crippen LogP contribution in [0.5, 0.6) is 0 Å². The van der Waals surface area contributed by atoms with Crippen LogP contribution in [0.4, 0.5) is 0 Å². The number of carbonyl (C=O) groups excluding carboxylic acids is 2. The second-order valence-corrected chi connectivity index (χ2v) is 3.01. The predicted octanol–water partition coefficient (Wildman–Crippen LogP) is 0.475. The van der Waals surface area contributed by atoms with Gasteiger partial charge in [-0.3, -0.25) is 10.5 Å². The molecule has 0 unspecified atom stereocenters. The fourth-order valence-corrected chi connectivity index (χ4v) is 1.25. The molecular weight excluding hydrogens is 210 g/mol. The molecule has 0 aromatic heterocycles. The number of benzene rings is 1. The summed E-state index contributed by atoms with van der Waals surface area (Å²) >= 11 is 0. The van der Waals surface area contributed by atoms with E-state index in [1.165, 1.54) is 7.11 Å². The van der Waals surface area contributed by atoms with E-state index in [-0.39, 0.29) is 13.2 Å². The van der Waals surface area contributed by atoms with Crippen LogP contribution in [0, 0.1) is 0 Å². The van der Waals surface area contributed by atoms with Crippen molar-refractivity contribution in [1.29, 1.82) is 0 Å². The standard InChI is InChI=1S/C11H13NO4/c1-15-10(13)6-8-4-2-3-5-9(8)11(14)16-7-12/h2-5H,6-7,12H2,1H3. The van der Waals surface area contributed by atoms with Gasteiger partial charge in [0.25, 0.3) is 0 Å². The van der Waals surface area contributed by atoms with Crippen LogP contribution in [0.2, 0.25) is 0 Å². The topological polar surface area (TPSA) is 78.6 Å². The van der Waals surface area contributed by atoms with E-state index in [1.807, 2.05) is 0 Å². The van der Waals surface area contributed by atoms with Gasteiger partial charge < -0.3 is 9.47 Å². The number of methoxy groups -OCH3 is 1. The summed E-state index contributed by atoms with van der Waals surface area (Å²) in [6, 6.07) is 6.67.